The Labute approximate surface area is 138 Å². The van der Waals surface area contributed by atoms with Gasteiger partial charge in [0.25, 0.3) is 5.91 Å². The van der Waals surface area contributed by atoms with Crippen LogP contribution in [0, 0.1) is 0 Å². The molecule has 0 radical (unpaired) electrons. The summed E-state index contributed by atoms with van der Waals surface area (Å²) in [6.45, 7) is 2.51. The van der Waals surface area contributed by atoms with Crippen LogP contribution in [-0.4, -0.2) is 22.7 Å². The van der Waals surface area contributed by atoms with Crippen LogP contribution in [0.25, 0.3) is 10.6 Å². The highest BCUT2D eigenvalue weighted by atomic mass is 32.1. The number of nitrogens with zero attached hydrogens (tertiary/aromatic N) is 2. The zero-order chi connectivity index (χ0) is 16.1. The van der Waals surface area contributed by atoms with Gasteiger partial charge in [0.2, 0.25) is 5.13 Å². The van der Waals surface area contributed by atoms with Crippen molar-refractivity contribution in [3.05, 3.63) is 60.2 Å². The van der Waals surface area contributed by atoms with Crippen molar-refractivity contribution in [1.82, 2.24) is 10.2 Å². The normalized spacial score (nSPS) is 10.3. The van der Waals surface area contributed by atoms with Crippen molar-refractivity contribution in [2.75, 3.05) is 11.9 Å². The van der Waals surface area contributed by atoms with Crippen molar-refractivity contribution >= 4 is 22.4 Å². The van der Waals surface area contributed by atoms with E-state index in [9.17, 15) is 4.79 Å². The first-order chi connectivity index (χ1) is 11.3. The summed E-state index contributed by atoms with van der Waals surface area (Å²) in [5.41, 5.74) is 1.52. The highest BCUT2D eigenvalue weighted by molar-refractivity contribution is 7.18. The van der Waals surface area contributed by atoms with E-state index in [2.05, 4.69) is 15.5 Å². The average molecular weight is 325 g/mol. The summed E-state index contributed by atoms with van der Waals surface area (Å²) in [4.78, 5) is 12.2. The minimum atomic E-state index is -0.219. The second-order valence-corrected chi connectivity index (χ2v) is 5.67. The summed E-state index contributed by atoms with van der Waals surface area (Å²) in [6, 6.07) is 16.7. The first-order valence-corrected chi connectivity index (χ1v) is 8.01. The molecule has 2 aromatic carbocycles. The maximum absolute atomic E-state index is 12.2. The first-order valence-electron chi connectivity index (χ1n) is 7.19. The third kappa shape index (κ3) is 3.73. The summed E-state index contributed by atoms with van der Waals surface area (Å²) in [5, 5.41) is 12.1. The van der Waals surface area contributed by atoms with Crippen molar-refractivity contribution in [3.8, 4) is 16.3 Å². The van der Waals surface area contributed by atoms with Crippen LogP contribution in [0.4, 0.5) is 5.13 Å². The lowest BCUT2D eigenvalue weighted by Crippen LogP contribution is -2.11. The molecule has 0 aliphatic rings. The maximum Gasteiger partial charge on any atom is 0.257 e. The fourth-order valence-corrected chi connectivity index (χ4v) is 2.75. The number of hydrogen-bond acceptors (Lipinski definition) is 5. The monoisotopic (exact) mass is 325 g/mol. The molecule has 5 nitrogen and oxygen atoms in total. The van der Waals surface area contributed by atoms with Crippen LogP contribution in [0.3, 0.4) is 0 Å². The second kappa shape index (κ2) is 7.02. The molecular formula is C17H15N3O2S. The zero-order valence-electron chi connectivity index (χ0n) is 12.5. The van der Waals surface area contributed by atoms with Crippen molar-refractivity contribution in [1.29, 1.82) is 0 Å². The van der Waals surface area contributed by atoms with E-state index in [1.54, 1.807) is 24.3 Å². The molecule has 1 heterocycles. The number of rotatable bonds is 5. The third-order valence-electron chi connectivity index (χ3n) is 3.09. The van der Waals surface area contributed by atoms with Gasteiger partial charge in [0.05, 0.1) is 6.61 Å². The van der Waals surface area contributed by atoms with E-state index in [1.165, 1.54) is 11.3 Å². The lowest BCUT2D eigenvalue weighted by molar-refractivity contribution is 0.102. The molecule has 0 atom stereocenters. The number of ether oxygens (including phenoxy) is 1. The molecule has 0 bridgehead atoms. The van der Waals surface area contributed by atoms with Crippen molar-refractivity contribution in [2.45, 2.75) is 6.92 Å². The molecule has 0 spiro atoms. The number of amides is 1. The van der Waals surface area contributed by atoms with Gasteiger partial charge in [0.15, 0.2) is 0 Å². The summed E-state index contributed by atoms with van der Waals surface area (Å²) in [6.07, 6.45) is 0. The number of carbonyl (C=O) groups excluding carboxylic acids is 1. The fourth-order valence-electron chi connectivity index (χ4n) is 2.01. The standard InChI is InChI=1S/C17H15N3O2S/c1-2-22-14-10-8-12(9-11-14)15(21)18-17-20-19-16(23-17)13-6-4-3-5-7-13/h3-11H,2H2,1H3,(H,18,20,21). The predicted octanol–water partition coefficient (Wildman–Crippen LogP) is 3.86. The number of anilines is 1. The fraction of sp³-hybridized carbons (Fsp3) is 0.118. The number of benzene rings is 2. The highest BCUT2D eigenvalue weighted by Crippen LogP contribution is 2.26. The maximum atomic E-state index is 12.2. The Bertz CT molecular complexity index is 785. The molecule has 1 N–H and O–H groups in total. The van der Waals surface area contributed by atoms with Crippen molar-refractivity contribution < 1.29 is 9.53 Å². The van der Waals surface area contributed by atoms with Gasteiger partial charge in [-0.1, -0.05) is 41.7 Å². The van der Waals surface area contributed by atoms with Gasteiger partial charge in [-0.05, 0) is 31.2 Å². The lowest BCUT2D eigenvalue weighted by atomic mass is 10.2. The topological polar surface area (TPSA) is 64.1 Å². The van der Waals surface area contributed by atoms with Gasteiger partial charge < -0.3 is 4.74 Å². The Morgan fingerprint density at radius 2 is 1.83 bits per heavy atom. The lowest BCUT2D eigenvalue weighted by Gasteiger charge is -2.04. The zero-order valence-corrected chi connectivity index (χ0v) is 13.3. The van der Waals surface area contributed by atoms with E-state index in [1.807, 2.05) is 37.3 Å². The number of carbonyl (C=O) groups is 1. The van der Waals surface area contributed by atoms with E-state index in [4.69, 9.17) is 4.74 Å². The van der Waals surface area contributed by atoms with Gasteiger partial charge in [-0.15, -0.1) is 10.2 Å². The van der Waals surface area contributed by atoms with Crippen LogP contribution >= 0.6 is 11.3 Å². The molecule has 1 aromatic heterocycles. The number of hydrogen-bond donors (Lipinski definition) is 1. The van der Waals surface area contributed by atoms with Gasteiger partial charge in [0.1, 0.15) is 10.8 Å². The first kappa shape index (κ1) is 15.2. The molecule has 0 unspecified atom stereocenters. The van der Waals surface area contributed by atoms with E-state index in [0.29, 0.717) is 17.3 Å². The molecular weight excluding hydrogens is 310 g/mol. The predicted molar refractivity (Wildman–Crippen MR) is 90.9 cm³/mol. The van der Waals surface area contributed by atoms with E-state index in [0.717, 1.165) is 16.3 Å². The molecule has 1 amide bonds. The molecule has 23 heavy (non-hydrogen) atoms. The SMILES string of the molecule is CCOc1ccc(C(=O)Nc2nnc(-c3ccccc3)s2)cc1. The summed E-state index contributed by atoms with van der Waals surface area (Å²) < 4.78 is 5.36. The Hall–Kier alpha value is -2.73. The largest absolute Gasteiger partial charge is 0.494 e. The molecule has 0 aliphatic heterocycles. The quantitative estimate of drug-likeness (QED) is 0.774. The highest BCUT2D eigenvalue weighted by Gasteiger charge is 2.11. The van der Waals surface area contributed by atoms with Crippen LogP contribution in [0.15, 0.2) is 54.6 Å². The van der Waals surface area contributed by atoms with Gasteiger partial charge in [0, 0.05) is 11.1 Å². The summed E-state index contributed by atoms with van der Waals surface area (Å²) in [5.74, 6) is 0.523. The average Bonchev–Trinajstić information content (AvgIpc) is 3.05. The van der Waals surface area contributed by atoms with Gasteiger partial charge >= 0.3 is 0 Å². The van der Waals surface area contributed by atoms with E-state index >= 15 is 0 Å². The van der Waals surface area contributed by atoms with Crippen LogP contribution in [0.2, 0.25) is 0 Å². The minimum absolute atomic E-state index is 0.219. The number of nitrogens with one attached hydrogen (secondary N) is 1. The Morgan fingerprint density at radius 1 is 1.09 bits per heavy atom. The van der Waals surface area contributed by atoms with E-state index in [-0.39, 0.29) is 5.91 Å². The van der Waals surface area contributed by atoms with Gasteiger partial charge in [-0.3, -0.25) is 10.1 Å². The molecule has 0 saturated heterocycles. The van der Waals surface area contributed by atoms with Crippen LogP contribution in [-0.2, 0) is 0 Å². The molecule has 0 saturated carbocycles. The van der Waals surface area contributed by atoms with Gasteiger partial charge in [-0.25, -0.2) is 0 Å². The van der Waals surface area contributed by atoms with Gasteiger partial charge in [-0.2, -0.15) is 0 Å². The van der Waals surface area contributed by atoms with Crippen LogP contribution in [0.5, 0.6) is 5.75 Å². The van der Waals surface area contributed by atoms with Crippen molar-refractivity contribution in [3.63, 3.8) is 0 Å². The Morgan fingerprint density at radius 3 is 2.52 bits per heavy atom. The Balaban J connectivity index is 1.69. The smallest absolute Gasteiger partial charge is 0.257 e. The summed E-state index contributed by atoms with van der Waals surface area (Å²) in [7, 11) is 0. The van der Waals surface area contributed by atoms with Crippen LogP contribution < -0.4 is 10.1 Å². The Kier molecular flexibility index (Phi) is 4.63. The molecule has 3 rings (SSSR count). The number of aromatic nitrogens is 2. The summed E-state index contributed by atoms with van der Waals surface area (Å²) >= 11 is 1.34. The second-order valence-electron chi connectivity index (χ2n) is 4.69. The minimum Gasteiger partial charge on any atom is -0.494 e. The molecule has 116 valence electrons. The van der Waals surface area contributed by atoms with Crippen molar-refractivity contribution in [2.24, 2.45) is 0 Å². The molecule has 0 fully saturated rings. The third-order valence-corrected chi connectivity index (χ3v) is 3.98. The van der Waals surface area contributed by atoms with Crippen LogP contribution in [0.1, 0.15) is 17.3 Å². The van der Waals surface area contributed by atoms with E-state index < -0.39 is 0 Å². The molecule has 6 heteroatoms. The molecule has 3 aromatic rings. The molecule has 0 aliphatic carbocycles.